The Morgan fingerprint density at radius 1 is 1.04 bits per heavy atom. The molecule has 0 aromatic carbocycles. The summed E-state index contributed by atoms with van der Waals surface area (Å²) in [5.41, 5.74) is 1.74. The topological polar surface area (TPSA) is 174 Å². The number of hydrogen-bond acceptors (Lipinski definition) is 12. The highest BCUT2D eigenvalue weighted by molar-refractivity contribution is 5.87. The summed E-state index contributed by atoms with van der Waals surface area (Å²) in [5, 5.41) is 56.1. The average molecular weight is 777 g/mol. The van der Waals surface area contributed by atoms with Crippen molar-refractivity contribution in [1.82, 2.24) is 0 Å². The maximum atomic E-state index is 13.8. The Morgan fingerprint density at radius 2 is 1.73 bits per heavy atom. The zero-order valence-electron chi connectivity index (χ0n) is 34.6. The fourth-order valence-corrected chi connectivity index (χ4v) is 7.76. The van der Waals surface area contributed by atoms with Crippen LogP contribution in [0.15, 0.2) is 71.6 Å². The van der Waals surface area contributed by atoms with E-state index in [4.69, 9.17) is 28.4 Å². The largest absolute Gasteiger partial charge is 0.490 e. The number of cyclic esters (lactones) is 1. The number of aliphatic hydroxyl groups is 5. The minimum Gasteiger partial charge on any atom is -0.490 e. The van der Waals surface area contributed by atoms with E-state index in [1.807, 2.05) is 84.1 Å². The van der Waals surface area contributed by atoms with Crippen molar-refractivity contribution in [2.75, 3.05) is 14.2 Å². The van der Waals surface area contributed by atoms with Crippen LogP contribution in [0.3, 0.4) is 0 Å². The van der Waals surface area contributed by atoms with E-state index >= 15 is 0 Å². The van der Waals surface area contributed by atoms with Crippen molar-refractivity contribution < 1.29 is 58.7 Å². The van der Waals surface area contributed by atoms with Crippen LogP contribution in [0.1, 0.15) is 81.6 Å². The Kier molecular flexibility index (Phi) is 18.0. The lowest BCUT2D eigenvalue weighted by molar-refractivity contribution is -0.339. The second-order valence-electron chi connectivity index (χ2n) is 15.9. The highest BCUT2D eigenvalue weighted by Gasteiger charge is 2.52. The number of methoxy groups -OCH3 is 2. The monoisotopic (exact) mass is 776 g/mol. The van der Waals surface area contributed by atoms with E-state index in [9.17, 15) is 30.3 Å². The first-order valence-corrected chi connectivity index (χ1v) is 19.6. The molecule has 3 aliphatic rings. The third kappa shape index (κ3) is 12.4. The minimum atomic E-state index is -1.92. The molecule has 0 saturated carbocycles. The summed E-state index contributed by atoms with van der Waals surface area (Å²) < 4.78 is 36.1. The lowest BCUT2D eigenvalue weighted by atomic mass is 9.77. The van der Waals surface area contributed by atoms with Gasteiger partial charge >= 0.3 is 5.97 Å². The van der Waals surface area contributed by atoms with Gasteiger partial charge in [0, 0.05) is 43.6 Å². The van der Waals surface area contributed by atoms with Crippen LogP contribution in [0.4, 0.5) is 0 Å². The summed E-state index contributed by atoms with van der Waals surface area (Å²) in [4.78, 5) is 13.8. The molecule has 0 amide bonds. The molecule has 55 heavy (non-hydrogen) atoms. The van der Waals surface area contributed by atoms with Gasteiger partial charge in [-0.2, -0.15) is 0 Å². The molecule has 3 heterocycles. The lowest BCUT2D eigenvalue weighted by Gasteiger charge is -2.49. The van der Waals surface area contributed by atoms with Crippen molar-refractivity contribution in [3.63, 3.8) is 0 Å². The Labute approximate surface area is 328 Å². The molecular weight excluding hydrogens is 708 g/mol. The van der Waals surface area contributed by atoms with Gasteiger partial charge in [0.25, 0.3) is 0 Å². The van der Waals surface area contributed by atoms with Crippen molar-refractivity contribution in [3.05, 3.63) is 71.6 Å². The number of esters is 1. The van der Waals surface area contributed by atoms with Gasteiger partial charge in [0.15, 0.2) is 12.1 Å². The van der Waals surface area contributed by atoms with E-state index in [1.54, 1.807) is 32.9 Å². The Balaban J connectivity index is 2.00. The third-order valence-corrected chi connectivity index (χ3v) is 11.4. The minimum absolute atomic E-state index is 0.0349. The average Bonchev–Trinajstić information content (AvgIpc) is 3.13. The number of ether oxygens (including phenoxy) is 6. The molecule has 12 heteroatoms. The molecule has 2 fully saturated rings. The number of hydrogen-bond donors (Lipinski definition) is 5. The molecule has 0 aromatic rings. The van der Waals surface area contributed by atoms with Gasteiger partial charge in [0.05, 0.1) is 43.7 Å². The van der Waals surface area contributed by atoms with Crippen LogP contribution < -0.4 is 0 Å². The van der Waals surface area contributed by atoms with Crippen LogP contribution in [-0.4, -0.2) is 113 Å². The highest BCUT2D eigenvalue weighted by atomic mass is 16.7. The van der Waals surface area contributed by atoms with Gasteiger partial charge in [0.2, 0.25) is 5.76 Å². The van der Waals surface area contributed by atoms with Crippen molar-refractivity contribution in [1.29, 1.82) is 0 Å². The third-order valence-electron chi connectivity index (χ3n) is 11.4. The molecule has 5 N–H and O–H groups in total. The molecule has 16 atom stereocenters. The van der Waals surface area contributed by atoms with E-state index < -0.39 is 84.8 Å². The summed E-state index contributed by atoms with van der Waals surface area (Å²) in [6, 6.07) is 0. The maximum Gasteiger partial charge on any atom is 0.373 e. The summed E-state index contributed by atoms with van der Waals surface area (Å²) in [7, 11) is 2.86. The van der Waals surface area contributed by atoms with Gasteiger partial charge in [-0.25, -0.2) is 4.79 Å². The molecule has 0 radical (unpaired) electrons. The SMILES string of the molecule is C/C=C/C=C/[C@H]1O[C@@](O)([C@@H](C)[C@H](O)[C@H](C)[C@H]2OC(=O)/C(OC)=C/C(C)=C/[C@@H](C)[C@@H](O)[C@@H](C)C/C(C)=C/C=C/[C@@H]2OC)C[C@@H](O[C@H]2C[C@@H](O)[C@H](O)[C@@H](C)O2)[C@@H]1C. The fourth-order valence-electron chi connectivity index (χ4n) is 7.76. The normalized spacial score (nSPS) is 42.6. The van der Waals surface area contributed by atoms with Gasteiger partial charge < -0.3 is 54.0 Å². The zero-order chi connectivity index (χ0) is 41.2. The van der Waals surface area contributed by atoms with Gasteiger partial charge in [-0.15, -0.1) is 0 Å². The number of carbonyl (C=O) groups excluding carboxylic acids is 1. The lowest BCUT2D eigenvalue weighted by Crippen LogP contribution is -2.59. The first-order valence-electron chi connectivity index (χ1n) is 19.6. The molecule has 0 bridgehead atoms. The van der Waals surface area contributed by atoms with Crippen LogP contribution in [0, 0.1) is 29.6 Å². The van der Waals surface area contributed by atoms with E-state index in [-0.39, 0.29) is 36.4 Å². The standard InChI is InChI=1S/C43H68O12/c1-12-13-14-17-33-28(6)36(53-37-22-32(44)40(47)31(9)52-37)23-43(49,55-33)30(8)39(46)29(7)41-34(50-10)18-15-16-24(2)19-26(4)38(45)27(5)20-25(3)21-35(51-11)42(48)54-41/h12-18,20-21,26-34,36-41,44-47,49H,19,22-23H2,1-11H3/b13-12+,17-14+,18-15+,24-16+,25-20+,35-21-/t26-,27+,28+,29-,30-,31+,32+,33+,34-,36+,37-,38-,39+,40+,41+,43+/m0/s1. The summed E-state index contributed by atoms with van der Waals surface area (Å²) >= 11 is 0. The predicted molar refractivity (Wildman–Crippen MR) is 209 cm³/mol. The molecule has 0 spiro atoms. The molecule has 3 rings (SSSR count). The van der Waals surface area contributed by atoms with Crippen LogP contribution in [-0.2, 0) is 33.2 Å². The van der Waals surface area contributed by atoms with Crippen molar-refractivity contribution in [3.8, 4) is 0 Å². The van der Waals surface area contributed by atoms with E-state index in [0.29, 0.717) is 12.0 Å². The van der Waals surface area contributed by atoms with Gasteiger partial charge in [-0.05, 0) is 46.1 Å². The van der Waals surface area contributed by atoms with Crippen LogP contribution in [0.5, 0.6) is 0 Å². The molecule has 0 aromatic heterocycles. The molecule has 2 saturated heterocycles. The molecular formula is C43H68O12. The quantitative estimate of drug-likeness (QED) is 0.148. The maximum absolute atomic E-state index is 13.8. The van der Waals surface area contributed by atoms with Crippen molar-refractivity contribution in [2.45, 2.75) is 149 Å². The van der Waals surface area contributed by atoms with Crippen molar-refractivity contribution >= 4 is 5.97 Å². The number of rotatable bonds is 10. The van der Waals surface area contributed by atoms with Crippen molar-refractivity contribution in [2.24, 2.45) is 29.6 Å². The second-order valence-corrected chi connectivity index (χ2v) is 15.9. The Hall–Kier alpha value is -2.65. The van der Waals surface area contributed by atoms with Crippen LogP contribution in [0.2, 0.25) is 0 Å². The molecule has 12 nitrogen and oxygen atoms in total. The fraction of sp³-hybridized carbons (Fsp3) is 0.698. The van der Waals surface area contributed by atoms with E-state index in [1.165, 1.54) is 14.2 Å². The number of carbonyl (C=O) groups is 1. The van der Waals surface area contributed by atoms with Crippen LogP contribution >= 0.6 is 0 Å². The first kappa shape index (κ1) is 46.7. The second kappa shape index (κ2) is 21.2. The van der Waals surface area contributed by atoms with Gasteiger partial charge in [-0.3, -0.25) is 0 Å². The number of allylic oxidation sites excluding steroid dienone is 8. The van der Waals surface area contributed by atoms with Crippen LogP contribution in [0.25, 0.3) is 0 Å². The summed E-state index contributed by atoms with van der Waals surface area (Å²) in [5.74, 6) is -5.04. The molecule has 0 unspecified atom stereocenters. The summed E-state index contributed by atoms with van der Waals surface area (Å²) in [6.07, 6.45) is 8.29. The van der Waals surface area contributed by atoms with Gasteiger partial charge in [-0.1, -0.05) is 94.4 Å². The smallest absolute Gasteiger partial charge is 0.373 e. The summed E-state index contributed by atoms with van der Waals surface area (Å²) in [6.45, 7) is 16.6. The van der Waals surface area contributed by atoms with Gasteiger partial charge in [0.1, 0.15) is 18.3 Å². The first-order chi connectivity index (χ1) is 25.9. The molecule has 0 aliphatic carbocycles. The highest BCUT2D eigenvalue weighted by Crippen LogP contribution is 2.42. The van der Waals surface area contributed by atoms with E-state index in [0.717, 1.165) is 5.57 Å². The Bertz CT molecular complexity index is 1410. The predicted octanol–water partition coefficient (Wildman–Crippen LogP) is 5.05. The zero-order valence-corrected chi connectivity index (χ0v) is 34.6. The Morgan fingerprint density at radius 3 is 2.35 bits per heavy atom. The molecule has 3 aliphatic heterocycles. The van der Waals surface area contributed by atoms with E-state index in [2.05, 4.69) is 0 Å². The molecule has 312 valence electrons. The number of aliphatic hydroxyl groups excluding tert-OH is 4.